The summed E-state index contributed by atoms with van der Waals surface area (Å²) in [6, 6.07) is 5.83. The summed E-state index contributed by atoms with van der Waals surface area (Å²) < 4.78 is 118. The largest absolute Gasteiger partial charge is 0.476 e. The molecule has 0 aliphatic rings. The molecule has 208 valence electrons. The van der Waals surface area contributed by atoms with E-state index in [2.05, 4.69) is 10.1 Å². The van der Waals surface area contributed by atoms with Crippen molar-refractivity contribution in [3.63, 3.8) is 0 Å². The molecule has 13 heteroatoms. The number of carbonyl (C=O) groups is 2. The molecular formula is C26H19F8NO4. The van der Waals surface area contributed by atoms with Gasteiger partial charge in [0.2, 0.25) is 0 Å². The molecule has 2 atom stereocenters. The van der Waals surface area contributed by atoms with Crippen LogP contribution in [-0.2, 0) is 21.9 Å². The maximum atomic E-state index is 14.5. The Morgan fingerprint density at radius 1 is 0.821 bits per heavy atom. The van der Waals surface area contributed by atoms with Crippen molar-refractivity contribution in [3.05, 3.63) is 100 Å². The third kappa shape index (κ3) is 7.24. The van der Waals surface area contributed by atoms with E-state index in [0.29, 0.717) is 24.3 Å². The van der Waals surface area contributed by atoms with Gasteiger partial charge in [-0.1, -0.05) is 12.1 Å². The average Bonchev–Trinajstić information content (AvgIpc) is 2.86. The Hall–Kier alpha value is -4.16. The summed E-state index contributed by atoms with van der Waals surface area (Å²) in [7, 11) is 1.05. The fourth-order valence-electron chi connectivity index (χ4n) is 3.55. The molecule has 3 aromatic carbocycles. The quantitative estimate of drug-likeness (QED) is 0.266. The first-order valence-corrected chi connectivity index (χ1v) is 11.0. The van der Waals surface area contributed by atoms with Crippen LogP contribution in [0.1, 0.15) is 45.6 Å². The zero-order valence-electron chi connectivity index (χ0n) is 20.1. The smallest absolute Gasteiger partial charge is 0.416 e. The summed E-state index contributed by atoms with van der Waals surface area (Å²) in [6.45, 7) is 1.23. The number of rotatable bonds is 7. The van der Waals surface area contributed by atoms with Crippen molar-refractivity contribution in [1.29, 1.82) is 0 Å². The van der Waals surface area contributed by atoms with Gasteiger partial charge in [0, 0.05) is 5.56 Å². The Balaban J connectivity index is 2.11. The molecule has 2 unspecified atom stereocenters. The third-order valence-electron chi connectivity index (χ3n) is 5.43. The molecule has 0 saturated carbocycles. The first-order valence-electron chi connectivity index (χ1n) is 11.0. The lowest BCUT2D eigenvalue weighted by molar-refractivity contribution is -0.148. The van der Waals surface area contributed by atoms with Gasteiger partial charge >= 0.3 is 18.3 Å². The molecule has 3 rings (SSSR count). The molecule has 0 heterocycles. The number of halogens is 8. The number of hydrogen-bond donors (Lipinski definition) is 1. The zero-order valence-corrected chi connectivity index (χ0v) is 20.1. The second-order valence-electron chi connectivity index (χ2n) is 8.23. The lowest BCUT2D eigenvalue weighted by Crippen LogP contribution is -2.30. The lowest BCUT2D eigenvalue weighted by Gasteiger charge is -2.23. The fraction of sp³-hybridized carbons (Fsp3) is 0.231. The van der Waals surface area contributed by atoms with Crippen LogP contribution in [0.2, 0.25) is 0 Å². The van der Waals surface area contributed by atoms with Gasteiger partial charge < -0.3 is 14.8 Å². The van der Waals surface area contributed by atoms with Crippen molar-refractivity contribution in [3.8, 4) is 5.75 Å². The normalized spacial score (nSPS) is 13.4. The Morgan fingerprint density at radius 2 is 1.49 bits per heavy atom. The number of alkyl halides is 6. The topological polar surface area (TPSA) is 64.6 Å². The molecular weight excluding hydrogens is 542 g/mol. The summed E-state index contributed by atoms with van der Waals surface area (Å²) in [5.41, 5.74) is -3.66. The molecule has 0 spiro atoms. The summed E-state index contributed by atoms with van der Waals surface area (Å²) in [5.74, 6) is -4.91. The molecule has 1 N–H and O–H groups in total. The number of benzene rings is 3. The van der Waals surface area contributed by atoms with E-state index in [-0.39, 0.29) is 11.6 Å². The molecule has 0 aliphatic carbocycles. The molecule has 0 bridgehead atoms. The van der Waals surface area contributed by atoms with E-state index in [0.717, 1.165) is 37.4 Å². The Kier molecular flexibility index (Phi) is 8.51. The molecule has 0 fully saturated rings. The number of nitrogens with one attached hydrogen (secondary N) is 1. The predicted octanol–water partition coefficient (Wildman–Crippen LogP) is 6.46. The van der Waals surface area contributed by atoms with Gasteiger partial charge in [0.05, 0.1) is 24.3 Å². The number of esters is 1. The Morgan fingerprint density at radius 3 is 2.10 bits per heavy atom. The van der Waals surface area contributed by atoms with Crippen LogP contribution in [0.3, 0.4) is 0 Å². The van der Waals surface area contributed by atoms with Crippen LogP contribution < -0.4 is 10.1 Å². The molecule has 0 radical (unpaired) electrons. The Labute approximate surface area is 216 Å². The van der Waals surface area contributed by atoms with Crippen LogP contribution >= 0.6 is 0 Å². The monoisotopic (exact) mass is 561 g/mol. The van der Waals surface area contributed by atoms with E-state index in [4.69, 9.17) is 4.74 Å². The first-order chi connectivity index (χ1) is 18.1. The van der Waals surface area contributed by atoms with E-state index in [9.17, 15) is 44.7 Å². The first kappa shape index (κ1) is 29.4. The number of methoxy groups -OCH3 is 1. The third-order valence-corrected chi connectivity index (χ3v) is 5.43. The van der Waals surface area contributed by atoms with Crippen LogP contribution in [0.25, 0.3) is 0 Å². The highest BCUT2D eigenvalue weighted by atomic mass is 19.4. The van der Waals surface area contributed by atoms with E-state index >= 15 is 0 Å². The molecule has 0 saturated heterocycles. The summed E-state index contributed by atoms with van der Waals surface area (Å²) in [5, 5.41) is 2.27. The van der Waals surface area contributed by atoms with E-state index in [1.54, 1.807) is 0 Å². The minimum atomic E-state index is -4.99. The van der Waals surface area contributed by atoms with Gasteiger partial charge in [-0.15, -0.1) is 0 Å². The van der Waals surface area contributed by atoms with Gasteiger partial charge in [-0.3, -0.25) is 4.79 Å². The summed E-state index contributed by atoms with van der Waals surface area (Å²) in [6.07, 6.45) is -11.1. The van der Waals surface area contributed by atoms with Gasteiger partial charge in [0.15, 0.2) is 17.7 Å². The SMILES string of the molecule is COC(=O)C(C)Oc1cc(C(NC(=O)c2cccc(C(F)(F)F)c2)c2cc(F)cc(C(F)(F)F)c2)ccc1F. The number of hydrogen-bond acceptors (Lipinski definition) is 4. The minimum absolute atomic E-state index is 0.137. The van der Waals surface area contributed by atoms with E-state index in [1.807, 2.05) is 0 Å². The van der Waals surface area contributed by atoms with Gasteiger partial charge in [0.25, 0.3) is 5.91 Å². The van der Waals surface area contributed by atoms with Crippen LogP contribution in [0.5, 0.6) is 5.75 Å². The Bertz CT molecular complexity index is 1370. The highest BCUT2D eigenvalue weighted by molar-refractivity contribution is 5.95. The maximum absolute atomic E-state index is 14.5. The molecule has 0 aromatic heterocycles. The minimum Gasteiger partial charge on any atom is -0.476 e. The zero-order chi connectivity index (χ0) is 29.1. The van der Waals surface area contributed by atoms with Crippen molar-refractivity contribution in [2.45, 2.75) is 31.4 Å². The van der Waals surface area contributed by atoms with E-state index in [1.165, 1.54) is 6.92 Å². The number of ether oxygens (including phenoxy) is 2. The highest BCUT2D eigenvalue weighted by Gasteiger charge is 2.34. The van der Waals surface area contributed by atoms with Crippen LogP contribution in [0.4, 0.5) is 35.1 Å². The molecule has 5 nitrogen and oxygen atoms in total. The van der Waals surface area contributed by atoms with E-state index < -0.39 is 76.0 Å². The average molecular weight is 561 g/mol. The summed E-state index contributed by atoms with van der Waals surface area (Å²) >= 11 is 0. The van der Waals surface area contributed by atoms with Gasteiger partial charge in [-0.25, -0.2) is 13.6 Å². The van der Waals surface area contributed by atoms with Crippen molar-refractivity contribution in [1.82, 2.24) is 5.32 Å². The van der Waals surface area contributed by atoms with Gasteiger partial charge in [-0.2, -0.15) is 26.3 Å². The molecule has 3 aromatic rings. The highest BCUT2D eigenvalue weighted by Crippen LogP contribution is 2.35. The van der Waals surface area contributed by atoms with Crippen molar-refractivity contribution in [2.75, 3.05) is 7.11 Å². The van der Waals surface area contributed by atoms with Gasteiger partial charge in [-0.05, 0) is 66.6 Å². The van der Waals surface area contributed by atoms with Crippen LogP contribution in [-0.4, -0.2) is 25.1 Å². The van der Waals surface area contributed by atoms with Gasteiger partial charge in [0.1, 0.15) is 5.82 Å². The van der Waals surface area contributed by atoms with Crippen molar-refractivity contribution in [2.24, 2.45) is 0 Å². The van der Waals surface area contributed by atoms with Crippen LogP contribution in [0, 0.1) is 11.6 Å². The maximum Gasteiger partial charge on any atom is 0.416 e. The van der Waals surface area contributed by atoms with Crippen LogP contribution in [0.15, 0.2) is 60.7 Å². The van der Waals surface area contributed by atoms with Crippen molar-refractivity contribution >= 4 is 11.9 Å². The second-order valence-corrected chi connectivity index (χ2v) is 8.23. The standard InChI is InChI=1S/C26H19F8NO4/c1-13(24(37)38-2)39-21-11-14(6-7-20(21)28)22(16-9-18(26(32,33)34)12-19(27)10-16)35-23(36)15-4-3-5-17(8-15)25(29,30)31/h3-13,22H,1-2H3,(H,35,36). The number of carbonyl (C=O) groups excluding carboxylic acids is 2. The molecule has 39 heavy (non-hydrogen) atoms. The van der Waals surface area contributed by atoms with Crippen molar-refractivity contribution < 1.29 is 54.2 Å². The predicted molar refractivity (Wildman–Crippen MR) is 121 cm³/mol. The molecule has 0 aliphatic heterocycles. The number of amides is 1. The second kappa shape index (κ2) is 11.3. The lowest BCUT2D eigenvalue weighted by atomic mass is 9.95. The fourth-order valence-corrected chi connectivity index (χ4v) is 3.55. The molecule has 1 amide bonds. The summed E-state index contributed by atoms with van der Waals surface area (Å²) in [4.78, 5) is 24.6.